The molecule has 0 spiro atoms. The van der Waals surface area contributed by atoms with Crippen molar-refractivity contribution in [1.29, 1.82) is 0 Å². The molecule has 0 heterocycles. The summed E-state index contributed by atoms with van der Waals surface area (Å²) in [5.41, 5.74) is 0.382. The van der Waals surface area contributed by atoms with Crippen molar-refractivity contribution >= 4 is 11.8 Å². The molecule has 0 aromatic heterocycles. The van der Waals surface area contributed by atoms with Gasteiger partial charge < -0.3 is 20.5 Å². The van der Waals surface area contributed by atoms with Crippen LogP contribution in [0.5, 0.6) is 5.75 Å². The summed E-state index contributed by atoms with van der Waals surface area (Å²) in [7, 11) is 1.52. The third-order valence-electron chi connectivity index (χ3n) is 4.43. The van der Waals surface area contributed by atoms with Gasteiger partial charge in [-0.3, -0.25) is 9.59 Å². The third kappa shape index (κ3) is 5.23. The van der Waals surface area contributed by atoms with Crippen LogP contribution >= 0.6 is 0 Å². The van der Waals surface area contributed by atoms with Gasteiger partial charge in [0.15, 0.2) is 0 Å². The minimum Gasteiger partial charge on any atom is -0.497 e. The lowest BCUT2D eigenvalue weighted by Gasteiger charge is -2.23. The van der Waals surface area contributed by atoms with Crippen molar-refractivity contribution in [3.8, 4) is 5.75 Å². The molecule has 1 atom stereocenters. The number of methoxy groups -OCH3 is 1. The molecule has 1 saturated carbocycles. The van der Waals surface area contributed by atoms with Gasteiger partial charge in [0, 0.05) is 12.1 Å². The zero-order valence-corrected chi connectivity index (χ0v) is 14.1. The summed E-state index contributed by atoms with van der Waals surface area (Å²) >= 11 is 0. The molecule has 0 unspecified atom stereocenters. The van der Waals surface area contributed by atoms with Crippen LogP contribution in [0.15, 0.2) is 24.3 Å². The number of aliphatic hydroxyl groups excluding tert-OH is 1. The van der Waals surface area contributed by atoms with Gasteiger partial charge in [-0.2, -0.15) is 0 Å². The predicted molar refractivity (Wildman–Crippen MR) is 90.9 cm³/mol. The molecule has 1 aromatic carbocycles. The molecule has 24 heavy (non-hydrogen) atoms. The van der Waals surface area contributed by atoms with Crippen LogP contribution in [-0.2, 0) is 4.79 Å². The van der Waals surface area contributed by atoms with E-state index in [0.29, 0.717) is 23.8 Å². The largest absolute Gasteiger partial charge is 0.497 e. The maximum absolute atomic E-state index is 12.2. The second kappa shape index (κ2) is 9.27. The van der Waals surface area contributed by atoms with Crippen molar-refractivity contribution in [2.24, 2.45) is 5.92 Å². The molecule has 0 bridgehead atoms. The van der Waals surface area contributed by atoms with Crippen molar-refractivity contribution in [1.82, 2.24) is 10.6 Å². The summed E-state index contributed by atoms with van der Waals surface area (Å²) in [4.78, 5) is 24.4. The fourth-order valence-electron chi connectivity index (χ4n) is 2.96. The standard InChI is InChI=1S/C18H26N2O4/c1-24-15-9-5-8-14(10-15)17(22)20-16(12-21)18(23)19-11-13-6-3-2-4-7-13/h5,8-10,13,16,21H,2-4,6-7,11-12H2,1H3,(H,19,23)(H,20,22)/t16-/m0/s1. The van der Waals surface area contributed by atoms with E-state index >= 15 is 0 Å². The van der Waals surface area contributed by atoms with Gasteiger partial charge in [0.2, 0.25) is 5.91 Å². The number of aliphatic hydroxyl groups is 1. The molecule has 6 nitrogen and oxygen atoms in total. The molecule has 1 aliphatic carbocycles. The lowest BCUT2D eigenvalue weighted by atomic mass is 9.89. The van der Waals surface area contributed by atoms with E-state index in [1.165, 1.54) is 26.4 Å². The minimum atomic E-state index is -0.952. The first-order valence-electron chi connectivity index (χ1n) is 8.47. The van der Waals surface area contributed by atoms with Gasteiger partial charge in [-0.15, -0.1) is 0 Å². The number of rotatable bonds is 7. The van der Waals surface area contributed by atoms with Crippen LogP contribution in [0.4, 0.5) is 0 Å². The molecule has 1 aromatic rings. The van der Waals surface area contributed by atoms with E-state index in [2.05, 4.69) is 10.6 Å². The van der Waals surface area contributed by atoms with Gasteiger partial charge in [0.1, 0.15) is 11.8 Å². The minimum absolute atomic E-state index is 0.348. The van der Waals surface area contributed by atoms with Gasteiger partial charge in [-0.1, -0.05) is 25.3 Å². The molecule has 0 saturated heterocycles. The van der Waals surface area contributed by atoms with Gasteiger partial charge in [-0.25, -0.2) is 0 Å². The Morgan fingerprint density at radius 1 is 1.29 bits per heavy atom. The molecule has 132 valence electrons. The number of carbonyl (C=O) groups is 2. The first-order valence-corrected chi connectivity index (χ1v) is 8.47. The number of benzene rings is 1. The average Bonchev–Trinajstić information content (AvgIpc) is 2.64. The van der Waals surface area contributed by atoms with E-state index in [9.17, 15) is 14.7 Å². The van der Waals surface area contributed by atoms with Gasteiger partial charge >= 0.3 is 0 Å². The van der Waals surface area contributed by atoms with E-state index in [0.717, 1.165) is 12.8 Å². The first kappa shape index (κ1) is 18.3. The van der Waals surface area contributed by atoms with Crippen molar-refractivity contribution in [2.75, 3.05) is 20.3 Å². The van der Waals surface area contributed by atoms with Crippen molar-refractivity contribution in [3.05, 3.63) is 29.8 Å². The van der Waals surface area contributed by atoms with Crippen LogP contribution in [0.3, 0.4) is 0 Å². The molecule has 3 N–H and O–H groups in total. The maximum atomic E-state index is 12.2. The Kier molecular flexibility index (Phi) is 7.06. The van der Waals surface area contributed by atoms with Crippen LogP contribution in [0.25, 0.3) is 0 Å². The number of hydrogen-bond donors (Lipinski definition) is 3. The lowest BCUT2D eigenvalue weighted by Crippen LogP contribution is -2.49. The Bertz CT molecular complexity index is 556. The fourth-order valence-corrected chi connectivity index (χ4v) is 2.96. The van der Waals surface area contributed by atoms with E-state index in [-0.39, 0.29) is 5.91 Å². The SMILES string of the molecule is COc1cccc(C(=O)N[C@@H](CO)C(=O)NCC2CCCCC2)c1. The van der Waals surface area contributed by atoms with Crippen LogP contribution in [0.2, 0.25) is 0 Å². The number of amides is 2. The zero-order valence-electron chi connectivity index (χ0n) is 14.1. The van der Waals surface area contributed by atoms with E-state index in [1.807, 2.05) is 0 Å². The van der Waals surface area contributed by atoms with Crippen molar-refractivity contribution in [3.63, 3.8) is 0 Å². The Hall–Kier alpha value is -2.08. The second-order valence-electron chi connectivity index (χ2n) is 6.19. The van der Waals surface area contributed by atoms with Crippen molar-refractivity contribution in [2.45, 2.75) is 38.1 Å². The Morgan fingerprint density at radius 3 is 2.71 bits per heavy atom. The summed E-state index contributed by atoms with van der Waals surface area (Å²) in [6.45, 7) is 0.163. The highest BCUT2D eigenvalue weighted by Crippen LogP contribution is 2.22. The van der Waals surface area contributed by atoms with Gasteiger partial charge in [-0.05, 0) is 37.0 Å². The lowest BCUT2D eigenvalue weighted by molar-refractivity contribution is -0.124. The third-order valence-corrected chi connectivity index (χ3v) is 4.43. The summed E-state index contributed by atoms with van der Waals surface area (Å²) in [6, 6.07) is 5.70. The zero-order chi connectivity index (χ0) is 17.4. The van der Waals surface area contributed by atoms with Crippen LogP contribution < -0.4 is 15.4 Å². The second-order valence-corrected chi connectivity index (χ2v) is 6.19. The summed E-state index contributed by atoms with van der Waals surface area (Å²) in [5.74, 6) is 0.293. The van der Waals surface area contributed by atoms with Gasteiger partial charge in [0.25, 0.3) is 5.91 Å². The molecule has 1 fully saturated rings. The molecule has 0 radical (unpaired) electrons. The molecule has 1 aliphatic rings. The fraction of sp³-hybridized carbons (Fsp3) is 0.556. The average molecular weight is 334 g/mol. The number of ether oxygens (including phenoxy) is 1. The molecule has 6 heteroatoms. The molecule has 2 rings (SSSR count). The van der Waals surface area contributed by atoms with E-state index in [4.69, 9.17) is 4.74 Å². The number of hydrogen-bond acceptors (Lipinski definition) is 4. The Balaban J connectivity index is 1.87. The van der Waals surface area contributed by atoms with Gasteiger partial charge in [0.05, 0.1) is 13.7 Å². The highest BCUT2D eigenvalue weighted by molar-refractivity contribution is 5.97. The quantitative estimate of drug-likeness (QED) is 0.705. The Morgan fingerprint density at radius 2 is 2.04 bits per heavy atom. The van der Waals surface area contributed by atoms with Crippen molar-refractivity contribution < 1.29 is 19.4 Å². The summed E-state index contributed by atoms with van der Waals surface area (Å²) in [5, 5.41) is 14.8. The number of nitrogens with one attached hydrogen (secondary N) is 2. The number of carbonyl (C=O) groups excluding carboxylic acids is 2. The smallest absolute Gasteiger partial charge is 0.252 e. The van der Waals surface area contributed by atoms with Crippen LogP contribution in [-0.4, -0.2) is 43.2 Å². The highest BCUT2D eigenvalue weighted by atomic mass is 16.5. The molecule has 0 aliphatic heterocycles. The Labute approximate surface area is 142 Å². The first-order chi connectivity index (χ1) is 11.6. The van der Waals surface area contributed by atoms with Crippen LogP contribution in [0, 0.1) is 5.92 Å². The maximum Gasteiger partial charge on any atom is 0.252 e. The monoisotopic (exact) mass is 334 g/mol. The predicted octanol–water partition coefficient (Wildman–Crippen LogP) is 1.48. The van der Waals surface area contributed by atoms with E-state index in [1.54, 1.807) is 24.3 Å². The van der Waals surface area contributed by atoms with E-state index < -0.39 is 18.6 Å². The normalized spacial score (nSPS) is 16.2. The molecular formula is C18H26N2O4. The topological polar surface area (TPSA) is 87.7 Å². The summed E-state index contributed by atoms with van der Waals surface area (Å²) < 4.78 is 5.08. The molecular weight excluding hydrogens is 308 g/mol. The van der Waals surface area contributed by atoms with Crippen LogP contribution in [0.1, 0.15) is 42.5 Å². The highest BCUT2D eigenvalue weighted by Gasteiger charge is 2.22. The molecule has 2 amide bonds. The summed E-state index contributed by atoms with van der Waals surface area (Å²) in [6.07, 6.45) is 5.92.